The first-order chi connectivity index (χ1) is 9.99. The van der Waals surface area contributed by atoms with E-state index in [1.807, 2.05) is 12.1 Å². The van der Waals surface area contributed by atoms with Crippen molar-refractivity contribution in [1.82, 2.24) is 0 Å². The van der Waals surface area contributed by atoms with Gasteiger partial charge in [-0.2, -0.15) is 0 Å². The van der Waals surface area contributed by atoms with Gasteiger partial charge in [-0.15, -0.1) is 0 Å². The van der Waals surface area contributed by atoms with E-state index in [0.29, 0.717) is 17.9 Å². The van der Waals surface area contributed by atoms with E-state index < -0.39 is 11.6 Å². The van der Waals surface area contributed by atoms with E-state index in [1.54, 1.807) is 0 Å². The third-order valence-corrected chi connectivity index (χ3v) is 3.97. The van der Waals surface area contributed by atoms with Crippen LogP contribution in [-0.4, -0.2) is 6.54 Å². The first kappa shape index (κ1) is 16.4. The molecule has 2 N–H and O–H groups in total. The summed E-state index contributed by atoms with van der Waals surface area (Å²) in [4.78, 5) is 0. The molecule has 0 aliphatic rings. The number of nitrogens with two attached hydrogens (primary N) is 1. The first-order valence-electron chi connectivity index (χ1n) is 6.25. The summed E-state index contributed by atoms with van der Waals surface area (Å²) in [5.41, 5.74) is 7.03. The van der Waals surface area contributed by atoms with Crippen LogP contribution in [0.4, 0.5) is 8.78 Å². The smallest absolute Gasteiger partial charge is 0.148 e. The average Bonchev–Trinajstić information content (AvgIpc) is 2.36. The van der Waals surface area contributed by atoms with Gasteiger partial charge in [0.15, 0.2) is 0 Å². The van der Waals surface area contributed by atoms with E-state index in [1.165, 1.54) is 12.1 Å². The minimum absolute atomic E-state index is 0.0715. The van der Waals surface area contributed by atoms with E-state index >= 15 is 0 Å². The molecule has 0 atom stereocenters. The van der Waals surface area contributed by atoms with Gasteiger partial charge >= 0.3 is 0 Å². The zero-order chi connectivity index (χ0) is 15.4. The van der Waals surface area contributed by atoms with Crippen LogP contribution in [0.15, 0.2) is 39.3 Å². The Bertz CT molecular complexity index is 606. The molecule has 2 nitrogen and oxygen atoms in total. The largest absolute Gasteiger partial charge is 0.487 e. The van der Waals surface area contributed by atoms with Crippen LogP contribution < -0.4 is 10.5 Å². The standard InChI is InChI=1S/C15H13Br2F2NO/c16-13-5-9(1-2-20)6-14(17)15(13)21-8-10-3-11(18)7-12(19)4-10/h3-7H,1-2,8,20H2. The number of halogens is 4. The minimum atomic E-state index is -0.620. The molecular weight excluding hydrogens is 408 g/mol. The van der Waals surface area contributed by atoms with E-state index in [2.05, 4.69) is 31.9 Å². The molecule has 0 unspecified atom stereocenters. The van der Waals surface area contributed by atoms with Crippen LogP contribution in [0.2, 0.25) is 0 Å². The molecule has 0 aliphatic carbocycles. The van der Waals surface area contributed by atoms with E-state index in [9.17, 15) is 8.78 Å². The van der Waals surface area contributed by atoms with Gasteiger partial charge in [0.25, 0.3) is 0 Å². The van der Waals surface area contributed by atoms with Gasteiger partial charge in [0.2, 0.25) is 0 Å². The van der Waals surface area contributed by atoms with Crippen molar-refractivity contribution in [2.75, 3.05) is 6.54 Å². The molecule has 0 saturated heterocycles. The second kappa shape index (κ2) is 7.33. The molecule has 0 fully saturated rings. The molecule has 21 heavy (non-hydrogen) atoms. The lowest BCUT2D eigenvalue weighted by Gasteiger charge is -2.12. The summed E-state index contributed by atoms with van der Waals surface area (Å²) in [5, 5.41) is 0. The molecule has 0 aliphatic heterocycles. The van der Waals surface area contributed by atoms with Crippen molar-refractivity contribution < 1.29 is 13.5 Å². The van der Waals surface area contributed by atoms with Gasteiger partial charge in [-0.3, -0.25) is 0 Å². The molecule has 0 aromatic heterocycles. The third-order valence-electron chi connectivity index (χ3n) is 2.80. The Balaban J connectivity index is 2.16. The molecule has 0 spiro atoms. The predicted molar refractivity (Wildman–Crippen MR) is 85.3 cm³/mol. The normalized spacial score (nSPS) is 10.7. The monoisotopic (exact) mass is 419 g/mol. The van der Waals surface area contributed by atoms with E-state index in [-0.39, 0.29) is 6.61 Å². The number of ether oxygens (including phenoxy) is 1. The van der Waals surface area contributed by atoms with Crippen LogP contribution >= 0.6 is 31.9 Å². The van der Waals surface area contributed by atoms with Crippen molar-refractivity contribution in [2.45, 2.75) is 13.0 Å². The van der Waals surface area contributed by atoms with Gasteiger partial charge < -0.3 is 10.5 Å². The van der Waals surface area contributed by atoms with Crippen molar-refractivity contribution in [3.63, 3.8) is 0 Å². The molecule has 0 amide bonds. The van der Waals surface area contributed by atoms with Gasteiger partial charge in [-0.1, -0.05) is 0 Å². The van der Waals surface area contributed by atoms with E-state index in [0.717, 1.165) is 27.0 Å². The number of hydrogen-bond donors (Lipinski definition) is 1. The zero-order valence-corrected chi connectivity index (χ0v) is 14.2. The van der Waals surface area contributed by atoms with Crippen LogP contribution in [0.25, 0.3) is 0 Å². The SMILES string of the molecule is NCCc1cc(Br)c(OCc2cc(F)cc(F)c2)c(Br)c1. The Morgan fingerprint density at radius 1 is 0.905 bits per heavy atom. The Morgan fingerprint density at radius 3 is 2.00 bits per heavy atom. The second-order valence-corrected chi connectivity index (χ2v) is 6.20. The number of rotatable bonds is 5. The summed E-state index contributed by atoms with van der Waals surface area (Å²) in [6.07, 6.45) is 0.757. The average molecular weight is 421 g/mol. The summed E-state index contributed by atoms with van der Waals surface area (Å²) >= 11 is 6.85. The molecular formula is C15H13Br2F2NO. The fraction of sp³-hybridized carbons (Fsp3) is 0.200. The minimum Gasteiger partial charge on any atom is -0.487 e. The quantitative estimate of drug-likeness (QED) is 0.768. The van der Waals surface area contributed by atoms with Crippen molar-refractivity contribution in [1.29, 1.82) is 0 Å². The van der Waals surface area contributed by atoms with Gasteiger partial charge in [0.05, 0.1) is 8.95 Å². The van der Waals surface area contributed by atoms with Gasteiger partial charge in [-0.05, 0) is 80.2 Å². The summed E-state index contributed by atoms with van der Waals surface area (Å²) in [6.45, 7) is 0.629. The summed E-state index contributed by atoms with van der Waals surface area (Å²) in [7, 11) is 0. The molecule has 0 bridgehead atoms. The maximum atomic E-state index is 13.1. The number of hydrogen-bond acceptors (Lipinski definition) is 2. The lowest BCUT2D eigenvalue weighted by atomic mass is 10.1. The van der Waals surface area contributed by atoms with Gasteiger partial charge in [0, 0.05) is 6.07 Å². The summed E-state index contributed by atoms with van der Waals surface area (Å²) < 4.78 is 33.4. The molecule has 2 aromatic rings. The van der Waals surface area contributed by atoms with Crippen LogP contribution in [0.5, 0.6) is 5.75 Å². The fourth-order valence-electron chi connectivity index (χ4n) is 1.91. The van der Waals surface area contributed by atoms with Crippen LogP contribution in [0, 0.1) is 11.6 Å². The van der Waals surface area contributed by atoms with Crippen LogP contribution in [0.1, 0.15) is 11.1 Å². The Morgan fingerprint density at radius 2 is 1.48 bits per heavy atom. The highest BCUT2D eigenvalue weighted by Crippen LogP contribution is 2.35. The Hall–Kier alpha value is -0.980. The Kier molecular flexibility index (Phi) is 5.72. The molecule has 6 heteroatoms. The summed E-state index contributed by atoms with van der Waals surface area (Å²) in [6, 6.07) is 7.15. The lowest BCUT2D eigenvalue weighted by molar-refractivity contribution is 0.301. The van der Waals surface area contributed by atoms with Crippen molar-refractivity contribution in [2.24, 2.45) is 5.73 Å². The lowest BCUT2D eigenvalue weighted by Crippen LogP contribution is -2.03. The molecule has 112 valence electrons. The maximum absolute atomic E-state index is 13.1. The first-order valence-corrected chi connectivity index (χ1v) is 7.84. The second-order valence-electron chi connectivity index (χ2n) is 4.49. The zero-order valence-electron chi connectivity index (χ0n) is 11.0. The van der Waals surface area contributed by atoms with Crippen LogP contribution in [-0.2, 0) is 13.0 Å². The highest BCUT2D eigenvalue weighted by molar-refractivity contribution is 9.11. The number of benzene rings is 2. The Labute approximate surface area is 138 Å². The van der Waals surface area contributed by atoms with Gasteiger partial charge in [0.1, 0.15) is 24.0 Å². The van der Waals surface area contributed by atoms with Crippen molar-refractivity contribution in [3.8, 4) is 5.75 Å². The molecule has 2 rings (SSSR count). The van der Waals surface area contributed by atoms with E-state index in [4.69, 9.17) is 10.5 Å². The van der Waals surface area contributed by atoms with Crippen LogP contribution in [0.3, 0.4) is 0 Å². The fourth-order valence-corrected chi connectivity index (χ4v) is 3.42. The highest BCUT2D eigenvalue weighted by atomic mass is 79.9. The molecule has 0 radical (unpaired) electrons. The predicted octanol–water partition coefficient (Wildman–Crippen LogP) is 4.57. The summed E-state index contributed by atoms with van der Waals surface area (Å²) in [5.74, 6) is -0.657. The third kappa shape index (κ3) is 4.49. The molecule has 0 heterocycles. The molecule has 0 saturated carbocycles. The highest BCUT2D eigenvalue weighted by Gasteiger charge is 2.10. The molecule has 2 aromatic carbocycles. The van der Waals surface area contributed by atoms with Crippen molar-refractivity contribution >= 4 is 31.9 Å². The maximum Gasteiger partial charge on any atom is 0.148 e. The van der Waals surface area contributed by atoms with Gasteiger partial charge in [-0.25, -0.2) is 8.78 Å². The van der Waals surface area contributed by atoms with Crippen molar-refractivity contribution in [3.05, 3.63) is 62.0 Å². The topological polar surface area (TPSA) is 35.2 Å².